The van der Waals surface area contributed by atoms with Crippen LogP contribution in [0.2, 0.25) is 0 Å². The summed E-state index contributed by atoms with van der Waals surface area (Å²) < 4.78 is 0. The normalized spacial score (nSPS) is 10.2. The molecule has 0 aliphatic carbocycles. The Balaban J connectivity index is 2.14. The third-order valence-corrected chi connectivity index (χ3v) is 3.12. The molecule has 0 aromatic heterocycles. The predicted octanol–water partition coefficient (Wildman–Crippen LogP) is 2.10. The Kier molecular flexibility index (Phi) is 4.31. The van der Waals surface area contributed by atoms with E-state index in [2.05, 4.69) is 17.4 Å². The largest absolute Gasteiger partial charge is 0.359 e. The monoisotopic (exact) mass is 254 g/mol. The molecule has 0 unspecified atom stereocenters. The van der Waals surface area contributed by atoms with E-state index in [9.17, 15) is 4.79 Å². The van der Waals surface area contributed by atoms with E-state index in [1.807, 2.05) is 36.4 Å². The number of nitrogens with one attached hydrogen (secondary N) is 1. The second kappa shape index (κ2) is 6.16. The number of hydrogen-bond acceptors (Lipinski definition) is 2. The summed E-state index contributed by atoms with van der Waals surface area (Å²) in [6, 6.07) is 16.3. The highest BCUT2D eigenvalue weighted by molar-refractivity contribution is 5.78. The number of carbonyl (C=O) groups excluding carboxylic acids is 1. The van der Waals surface area contributed by atoms with Crippen molar-refractivity contribution in [2.45, 2.75) is 13.0 Å². The van der Waals surface area contributed by atoms with Crippen LogP contribution in [0.25, 0.3) is 11.1 Å². The fourth-order valence-corrected chi connectivity index (χ4v) is 1.92. The average Bonchev–Trinajstić information content (AvgIpc) is 2.48. The number of benzene rings is 2. The molecule has 1 amide bonds. The molecule has 19 heavy (non-hydrogen) atoms. The van der Waals surface area contributed by atoms with Crippen LogP contribution in [-0.4, -0.2) is 13.0 Å². The van der Waals surface area contributed by atoms with Crippen LogP contribution in [-0.2, 0) is 17.8 Å². The lowest BCUT2D eigenvalue weighted by atomic mass is 10.0. The molecule has 0 aliphatic heterocycles. The fraction of sp³-hybridized carbons (Fsp3) is 0.188. The zero-order chi connectivity index (χ0) is 13.7. The highest BCUT2D eigenvalue weighted by atomic mass is 16.1. The van der Waals surface area contributed by atoms with Gasteiger partial charge < -0.3 is 11.1 Å². The van der Waals surface area contributed by atoms with Gasteiger partial charge in [0.15, 0.2) is 0 Å². The van der Waals surface area contributed by atoms with Crippen LogP contribution in [0.15, 0.2) is 48.5 Å². The van der Waals surface area contributed by atoms with Crippen LogP contribution in [0.4, 0.5) is 0 Å². The average molecular weight is 254 g/mol. The Morgan fingerprint density at radius 1 is 0.947 bits per heavy atom. The van der Waals surface area contributed by atoms with Gasteiger partial charge in [-0.3, -0.25) is 4.79 Å². The second-order valence-corrected chi connectivity index (χ2v) is 4.45. The second-order valence-electron chi connectivity index (χ2n) is 4.45. The van der Waals surface area contributed by atoms with Crippen LogP contribution in [0.3, 0.4) is 0 Å². The van der Waals surface area contributed by atoms with Gasteiger partial charge in [0.05, 0.1) is 6.42 Å². The Hall–Kier alpha value is -2.13. The maximum absolute atomic E-state index is 11.3. The molecule has 0 bridgehead atoms. The molecule has 0 spiro atoms. The summed E-state index contributed by atoms with van der Waals surface area (Å²) in [5.74, 6) is 0.0278. The standard InChI is InChI=1S/C16H18N2O/c1-18-16(19)10-12-2-6-14(7-3-12)15-8-4-13(11-17)5-9-15/h2-9H,10-11,17H2,1H3,(H,18,19). The van der Waals surface area contributed by atoms with Crippen molar-refractivity contribution in [2.75, 3.05) is 7.05 Å². The van der Waals surface area contributed by atoms with E-state index in [1.165, 1.54) is 0 Å². The van der Waals surface area contributed by atoms with E-state index in [4.69, 9.17) is 5.73 Å². The number of hydrogen-bond donors (Lipinski definition) is 2. The molecule has 0 saturated carbocycles. The summed E-state index contributed by atoms with van der Waals surface area (Å²) in [7, 11) is 1.65. The predicted molar refractivity (Wildman–Crippen MR) is 77.5 cm³/mol. The first-order valence-corrected chi connectivity index (χ1v) is 6.32. The van der Waals surface area contributed by atoms with Crippen molar-refractivity contribution in [1.82, 2.24) is 5.32 Å². The molecule has 3 heteroatoms. The summed E-state index contributed by atoms with van der Waals surface area (Å²) in [5.41, 5.74) is 10.0. The Morgan fingerprint density at radius 3 is 1.84 bits per heavy atom. The number of nitrogens with two attached hydrogens (primary N) is 1. The molecule has 98 valence electrons. The molecule has 0 aliphatic rings. The molecule has 2 rings (SSSR count). The van der Waals surface area contributed by atoms with Gasteiger partial charge in [-0.05, 0) is 22.3 Å². The van der Waals surface area contributed by atoms with Crippen LogP contribution < -0.4 is 11.1 Å². The molecule has 2 aromatic carbocycles. The van der Waals surface area contributed by atoms with E-state index < -0.39 is 0 Å². The van der Waals surface area contributed by atoms with Gasteiger partial charge in [-0.2, -0.15) is 0 Å². The molecule has 0 heterocycles. The number of likely N-dealkylation sites (N-methyl/N-ethyl adjacent to an activating group) is 1. The van der Waals surface area contributed by atoms with E-state index in [1.54, 1.807) is 7.05 Å². The summed E-state index contributed by atoms with van der Waals surface area (Å²) >= 11 is 0. The van der Waals surface area contributed by atoms with Crippen LogP contribution in [0, 0.1) is 0 Å². The lowest BCUT2D eigenvalue weighted by Gasteiger charge is -2.05. The van der Waals surface area contributed by atoms with Crippen molar-refractivity contribution < 1.29 is 4.79 Å². The number of carbonyl (C=O) groups is 1. The summed E-state index contributed by atoms with van der Waals surface area (Å²) in [6.07, 6.45) is 0.420. The maximum atomic E-state index is 11.3. The molecule has 0 saturated heterocycles. The fourth-order valence-electron chi connectivity index (χ4n) is 1.92. The summed E-state index contributed by atoms with van der Waals surface area (Å²) in [5, 5.41) is 2.62. The zero-order valence-corrected chi connectivity index (χ0v) is 11.0. The highest BCUT2D eigenvalue weighted by Gasteiger charge is 2.02. The highest BCUT2D eigenvalue weighted by Crippen LogP contribution is 2.20. The number of rotatable bonds is 4. The third kappa shape index (κ3) is 3.42. The summed E-state index contributed by atoms with van der Waals surface area (Å²) in [6.45, 7) is 0.561. The minimum absolute atomic E-state index is 0.0278. The first-order chi connectivity index (χ1) is 9.22. The van der Waals surface area contributed by atoms with Crippen LogP contribution in [0.5, 0.6) is 0 Å². The van der Waals surface area contributed by atoms with Crippen molar-refractivity contribution in [3.8, 4) is 11.1 Å². The maximum Gasteiger partial charge on any atom is 0.224 e. The lowest BCUT2D eigenvalue weighted by molar-refractivity contribution is -0.119. The topological polar surface area (TPSA) is 55.1 Å². The Bertz CT molecular complexity index is 544. The van der Waals surface area contributed by atoms with Gasteiger partial charge in [0.2, 0.25) is 5.91 Å². The summed E-state index contributed by atoms with van der Waals surface area (Å²) in [4.78, 5) is 11.3. The van der Waals surface area contributed by atoms with Gasteiger partial charge in [0.25, 0.3) is 0 Å². The van der Waals surface area contributed by atoms with Crippen molar-refractivity contribution in [1.29, 1.82) is 0 Å². The molecule has 3 N–H and O–H groups in total. The van der Waals surface area contributed by atoms with E-state index in [0.29, 0.717) is 13.0 Å². The van der Waals surface area contributed by atoms with Gasteiger partial charge >= 0.3 is 0 Å². The number of amides is 1. The van der Waals surface area contributed by atoms with Crippen LogP contribution >= 0.6 is 0 Å². The molecule has 0 atom stereocenters. The van der Waals surface area contributed by atoms with Gasteiger partial charge in [-0.1, -0.05) is 48.5 Å². The van der Waals surface area contributed by atoms with Gasteiger partial charge in [0.1, 0.15) is 0 Å². The van der Waals surface area contributed by atoms with Crippen LogP contribution in [0.1, 0.15) is 11.1 Å². The molecule has 0 fully saturated rings. The van der Waals surface area contributed by atoms with E-state index >= 15 is 0 Å². The third-order valence-electron chi connectivity index (χ3n) is 3.12. The van der Waals surface area contributed by atoms with Gasteiger partial charge in [0, 0.05) is 13.6 Å². The van der Waals surface area contributed by atoms with Gasteiger partial charge in [-0.25, -0.2) is 0 Å². The smallest absolute Gasteiger partial charge is 0.224 e. The Morgan fingerprint density at radius 2 is 1.42 bits per heavy atom. The quantitative estimate of drug-likeness (QED) is 0.878. The molecule has 3 nitrogen and oxygen atoms in total. The van der Waals surface area contributed by atoms with Crippen molar-refractivity contribution >= 4 is 5.91 Å². The van der Waals surface area contributed by atoms with Gasteiger partial charge in [-0.15, -0.1) is 0 Å². The lowest BCUT2D eigenvalue weighted by Crippen LogP contribution is -2.19. The van der Waals surface area contributed by atoms with E-state index in [0.717, 1.165) is 22.3 Å². The van der Waals surface area contributed by atoms with E-state index in [-0.39, 0.29) is 5.91 Å². The zero-order valence-electron chi connectivity index (χ0n) is 11.0. The SMILES string of the molecule is CNC(=O)Cc1ccc(-c2ccc(CN)cc2)cc1. The molecular formula is C16H18N2O. The first kappa shape index (κ1) is 13.3. The van der Waals surface area contributed by atoms with Crippen molar-refractivity contribution in [3.05, 3.63) is 59.7 Å². The molecule has 0 radical (unpaired) electrons. The first-order valence-electron chi connectivity index (χ1n) is 6.32. The minimum atomic E-state index is 0.0278. The Labute approximate surface area is 113 Å². The van der Waals surface area contributed by atoms with Crippen molar-refractivity contribution in [2.24, 2.45) is 5.73 Å². The van der Waals surface area contributed by atoms with Crippen molar-refractivity contribution in [3.63, 3.8) is 0 Å². The minimum Gasteiger partial charge on any atom is -0.359 e. The molecular weight excluding hydrogens is 236 g/mol. The molecule has 2 aromatic rings.